The third kappa shape index (κ3) is 2.36. The number of nitrogens with one attached hydrogen (secondary N) is 2. The van der Waals surface area contributed by atoms with E-state index in [1.165, 1.54) is 12.1 Å². The van der Waals surface area contributed by atoms with E-state index >= 15 is 0 Å². The van der Waals surface area contributed by atoms with E-state index in [1.54, 1.807) is 13.2 Å². The van der Waals surface area contributed by atoms with Crippen molar-refractivity contribution in [2.75, 3.05) is 14.2 Å². The molecular formula is C13H16FN3O. The Morgan fingerprint density at radius 2 is 2.22 bits per heavy atom. The first kappa shape index (κ1) is 12.6. The molecule has 2 rings (SSSR count). The summed E-state index contributed by atoms with van der Waals surface area (Å²) < 4.78 is 18.6. The maximum Gasteiger partial charge on any atom is 0.128 e. The number of aromatic amines is 1. The van der Waals surface area contributed by atoms with Crippen molar-refractivity contribution in [3.05, 3.63) is 35.5 Å². The standard InChI is InChI=1S/C13H16FN3O/c1-8-16-11(7-15-2)13(17-8)10-6-9(14)4-5-12(10)18-3/h4-6,15H,7H2,1-3H3,(H,16,17). The van der Waals surface area contributed by atoms with Crippen molar-refractivity contribution in [3.63, 3.8) is 0 Å². The van der Waals surface area contributed by atoms with Crippen molar-refractivity contribution in [1.29, 1.82) is 0 Å². The van der Waals surface area contributed by atoms with Crippen LogP contribution in [0.2, 0.25) is 0 Å². The van der Waals surface area contributed by atoms with Crippen LogP contribution in [0, 0.1) is 12.7 Å². The topological polar surface area (TPSA) is 49.9 Å². The summed E-state index contributed by atoms with van der Waals surface area (Å²) in [5.41, 5.74) is 2.30. The molecule has 1 aromatic heterocycles. The predicted octanol–water partition coefficient (Wildman–Crippen LogP) is 2.25. The zero-order chi connectivity index (χ0) is 13.1. The van der Waals surface area contributed by atoms with E-state index in [1.807, 2.05) is 14.0 Å². The number of halogens is 1. The van der Waals surface area contributed by atoms with Gasteiger partial charge in [0.2, 0.25) is 0 Å². The Balaban J connectivity index is 2.56. The molecule has 0 fully saturated rings. The lowest BCUT2D eigenvalue weighted by atomic mass is 10.1. The lowest BCUT2D eigenvalue weighted by molar-refractivity contribution is 0.415. The minimum absolute atomic E-state index is 0.304. The fraction of sp³-hybridized carbons (Fsp3) is 0.308. The van der Waals surface area contributed by atoms with Gasteiger partial charge in [-0.1, -0.05) is 0 Å². The van der Waals surface area contributed by atoms with Crippen LogP contribution in [0.5, 0.6) is 5.75 Å². The summed E-state index contributed by atoms with van der Waals surface area (Å²) in [6, 6.07) is 4.42. The summed E-state index contributed by atoms with van der Waals surface area (Å²) in [5.74, 6) is 1.10. The Labute approximate surface area is 105 Å². The summed E-state index contributed by atoms with van der Waals surface area (Å²) in [7, 11) is 3.41. The predicted molar refractivity (Wildman–Crippen MR) is 68.0 cm³/mol. The lowest BCUT2D eigenvalue weighted by Crippen LogP contribution is -2.06. The highest BCUT2D eigenvalue weighted by Crippen LogP contribution is 2.31. The molecule has 0 aliphatic rings. The Morgan fingerprint density at radius 1 is 1.44 bits per heavy atom. The number of hydrogen-bond donors (Lipinski definition) is 2. The van der Waals surface area contributed by atoms with Crippen molar-refractivity contribution < 1.29 is 9.13 Å². The first-order chi connectivity index (χ1) is 8.65. The number of benzene rings is 1. The second-order valence-corrected chi connectivity index (χ2v) is 4.02. The lowest BCUT2D eigenvalue weighted by Gasteiger charge is -2.08. The van der Waals surface area contributed by atoms with E-state index < -0.39 is 0 Å². The molecule has 0 amide bonds. The molecule has 0 saturated heterocycles. The average molecular weight is 249 g/mol. The SMILES string of the molecule is CNCc1[nH]c(C)nc1-c1cc(F)ccc1OC. The van der Waals surface area contributed by atoms with Crippen molar-refractivity contribution in [3.8, 4) is 17.0 Å². The molecule has 0 atom stereocenters. The molecule has 96 valence electrons. The molecule has 0 aliphatic heterocycles. The van der Waals surface area contributed by atoms with Crippen LogP contribution < -0.4 is 10.1 Å². The van der Waals surface area contributed by atoms with Gasteiger partial charge in [-0.05, 0) is 32.2 Å². The second kappa shape index (κ2) is 5.18. The van der Waals surface area contributed by atoms with E-state index in [0.29, 0.717) is 17.9 Å². The fourth-order valence-corrected chi connectivity index (χ4v) is 1.93. The molecule has 1 aromatic carbocycles. The van der Waals surface area contributed by atoms with Crippen molar-refractivity contribution in [2.24, 2.45) is 0 Å². The van der Waals surface area contributed by atoms with E-state index in [0.717, 1.165) is 17.2 Å². The van der Waals surface area contributed by atoms with Crippen LogP contribution in [0.3, 0.4) is 0 Å². The van der Waals surface area contributed by atoms with Gasteiger partial charge in [-0.2, -0.15) is 0 Å². The number of imidazole rings is 1. The van der Waals surface area contributed by atoms with Gasteiger partial charge in [0.25, 0.3) is 0 Å². The summed E-state index contributed by atoms with van der Waals surface area (Å²) in [5, 5.41) is 3.05. The molecule has 2 N–H and O–H groups in total. The van der Waals surface area contributed by atoms with E-state index in [2.05, 4.69) is 15.3 Å². The smallest absolute Gasteiger partial charge is 0.128 e. The number of methoxy groups -OCH3 is 1. The van der Waals surface area contributed by atoms with Crippen LogP contribution in [-0.4, -0.2) is 24.1 Å². The molecule has 5 heteroatoms. The van der Waals surface area contributed by atoms with E-state index in [4.69, 9.17) is 4.74 Å². The minimum atomic E-state index is -0.304. The Hall–Kier alpha value is -1.88. The Kier molecular flexibility index (Phi) is 3.62. The van der Waals surface area contributed by atoms with Gasteiger partial charge in [0, 0.05) is 12.1 Å². The highest BCUT2D eigenvalue weighted by atomic mass is 19.1. The number of ether oxygens (including phenoxy) is 1. The molecule has 0 radical (unpaired) electrons. The van der Waals surface area contributed by atoms with Gasteiger partial charge in [-0.3, -0.25) is 0 Å². The number of nitrogens with zero attached hydrogens (tertiary/aromatic N) is 1. The molecule has 0 unspecified atom stereocenters. The largest absolute Gasteiger partial charge is 0.496 e. The number of aryl methyl sites for hydroxylation is 1. The number of aromatic nitrogens is 2. The Morgan fingerprint density at radius 3 is 2.89 bits per heavy atom. The van der Waals surface area contributed by atoms with E-state index in [9.17, 15) is 4.39 Å². The highest BCUT2D eigenvalue weighted by Gasteiger charge is 2.15. The van der Waals surface area contributed by atoms with Crippen LogP contribution >= 0.6 is 0 Å². The van der Waals surface area contributed by atoms with Gasteiger partial charge >= 0.3 is 0 Å². The number of rotatable bonds is 4. The fourth-order valence-electron chi connectivity index (χ4n) is 1.93. The van der Waals surface area contributed by atoms with Crippen molar-refractivity contribution >= 4 is 0 Å². The van der Waals surface area contributed by atoms with Gasteiger partial charge in [-0.15, -0.1) is 0 Å². The highest BCUT2D eigenvalue weighted by molar-refractivity contribution is 5.69. The first-order valence-corrected chi connectivity index (χ1v) is 5.69. The first-order valence-electron chi connectivity index (χ1n) is 5.69. The maximum absolute atomic E-state index is 13.4. The molecule has 1 heterocycles. The Bertz CT molecular complexity index is 551. The molecular weight excluding hydrogens is 233 g/mol. The molecule has 18 heavy (non-hydrogen) atoms. The molecule has 0 bridgehead atoms. The zero-order valence-electron chi connectivity index (χ0n) is 10.7. The van der Waals surface area contributed by atoms with Crippen LogP contribution in [-0.2, 0) is 6.54 Å². The van der Waals surface area contributed by atoms with Gasteiger partial charge in [-0.25, -0.2) is 9.37 Å². The summed E-state index contributed by atoms with van der Waals surface area (Å²) in [6.45, 7) is 2.50. The quantitative estimate of drug-likeness (QED) is 0.873. The van der Waals surface area contributed by atoms with Crippen LogP contribution in [0.25, 0.3) is 11.3 Å². The monoisotopic (exact) mass is 249 g/mol. The van der Waals surface area contributed by atoms with Crippen LogP contribution in [0.1, 0.15) is 11.5 Å². The zero-order valence-corrected chi connectivity index (χ0v) is 10.7. The molecule has 0 aliphatic carbocycles. The normalized spacial score (nSPS) is 10.7. The summed E-state index contributed by atoms with van der Waals surface area (Å²) >= 11 is 0. The van der Waals surface area contributed by atoms with Gasteiger partial charge in [0.15, 0.2) is 0 Å². The van der Waals surface area contributed by atoms with Crippen LogP contribution in [0.4, 0.5) is 4.39 Å². The van der Waals surface area contributed by atoms with Gasteiger partial charge in [0.05, 0.1) is 18.5 Å². The minimum Gasteiger partial charge on any atom is -0.496 e. The third-order valence-corrected chi connectivity index (χ3v) is 2.67. The summed E-state index contributed by atoms with van der Waals surface area (Å²) in [4.78, 5) is 7.57. The number of H-pyrrole nitrogens is 1. The molecule has 2 aromatic rings. The number of hydrogen-bond acceptors (Lipinski definition) is 3. The van der Waals surface area contributed by atoms with Gasteiger partial charge in [0.1, 0.15) is 17.4 Å². The van der Waals surface area contributed by atoms with Crippen LogP contribution in [0.15, 0.2) is 18.2 Å². The maximum atomic E-state index is 13.4. The third-order valence-electron chi connectivity index (χ3n) is 2.67. The summed E-state index contributed by atoms with van der Waals surface area (Å²) in [6.07, 6.45) is 0. The average Bonchev–Trinajstić information content (AvgIpc) is 2.71. The van der Waals surface area contributed by atoms with E-state index in [-0.39, 0.29) is 5.82 Å². The van der Waals surface area contributed by atoms with Gasteiger partial charge < -0.3 is 15.0 Å². The second-order valence-electron chi connectivity index (χ2n) is 4.02. The molecule has 0 spiro atoms. The van der Waals surface area contributed by atoms with Crippen molar-refractivity contribution in [1.82, 2.24) is 15.3 Å². The van der Waals surface area contributed by atoms with Crippen molar-refractivity contribution in [2.45, 2.75) is 13.5 Å². The molecule has 0 saturated carbocycles. The molecule has 4 nitrogen and oxygen atoms in total.